The minimum Gasteiger partial charge on any atom is -0.465 e. The number of aliphatic hydroxyl groups excluding tert-OH is 1. The Morgan fingerprint density at radius 3 is 2.62 bits per heavy atom. The largest absolute Gasteiger partial charge is 0.465 e. The first kappa shape index (κ1) is 28.6. The van der Waals surface area contributed by atoms with Gasteiger partial charge in [-0.2, -0.15) is 9.78 Å². The van der Waals surface area contributed by atoms with Crippen LogP contribution in [0.15, 0.2) is 38.9 Å². The van der Waals surface area contributed by atoms with Crippen molar-refractivity contribution in [3.05, 3.63) is 61.5 Å². The van der Waals surface area contributed by atoms with Crippen LogP contribution < -0.4 is 25.4 Å². The van der Waals surface area contributed by atoms with Crippen molar-refractivity contribution < 1.29 is 36.5 Å². The van der Waals surface area contributed by atoms with E-state index in [1.54, 1.807) is 4.98 Å². The van der Waals surface area contributed by atoms with Crippen molar-refractivity contribution in [2.45, 2.75) is 43.2 Å². The van der Waals surface area contributed by atoms with Crippen LogP contribution in [0.2, 0.25) is 5.02 Å². The number of aromatic nitrogens is 4. The SMILES string of the molecule is COCOc1cnc(Oc2c(C)cc(-n3nc(C(F)F)c(=O)[nH]c3=O)cc2Cl)cc1S(=O)(=O)N[C@H]1C[C@H](O)C1. The van der Waals surface area contributed by atoms with Gasteiger partial charge in [0.1, 0.15) is 4.90 Å². The van der Waals surface area contributed by atoms with Gasteiger partial charge in [-0.15, -0.1) is 0 Å². The summed E-state index contributed by atoms with van der Waals surface area (Å²) in [5.41, 5.74) is -3.28. The van der Waals surface area contributed by atoms with E-state index in [0.29, 0.717) is 10.2 Å². The highest BCUT2D eigenvalue weighted by molar-refractivity contribution is 7.89. The number of H-pyrrole nitrogens is 1. The van der Waals surface area contributed by atoms with Gasteiger partial charge in [0.15, 0.2) is 24.0 Å². The van der Waals surface area contributed by atoms with Gasteiger partial charge in [-0.1, -0.05) is 11.6 Å². The Balaban J connectivity index is 1.68. The molecule has 1 aromatic carbocycles. The number of nitrogens with one attached hydrogen (secondary N) is 2. The van der Waals surface area contributed by atoms with Gasteiger partial charge < -0.3 is 19.3 Å². The molecule has 0 atom stereocenters. The van der Waals surface area contributed by atoms with Crippen LogP contribution in [-0.4, -0.2) is 59.3 Å². The highest BCUT2D eigenvalue weighted by atomic mass is 35.5. The Labute approximate surface area is 224 Å². The topological polar surface area (TPSA) is 175 Å². The molecule has 0 saturated heterocycles. The van der Waals surface area contributed by atoms with Crippen molar-refractivity contribution in [1.82, 2.24) is 24.5 Å². The van der Waals surface area contributed by atoms with Crippen LogP contribution in [0.25, 0.3) is 5.69 Å². The number of hydrogen-bond acceptors (Lipinski definition) is 10. The molecule has 2 aromatic heterocycles. The third-order valence-electron chi connectivity index (χ3n) is 5.59. The molecule has 0 radical (unpaired) electrons. The van der Waals surface area contributed by atoms with Crippen molar-refractivity contribution in [2.24, 2.45) is 0 Å². The fourth-order valence-corrected chi connectivity index (χ4v) is 5.36. The molecule has 0 unspecified atom stereocenters. The van der Waals surface area contributed by atoms with Crippen LogP contribution in [0.5, 0.6) is 17.4 Å². The van der Waals surface area contributed by atoms with Crippen LogP contribution in [0.4, 0.5) is 8.78 Å². The molecular weight excluding hydrogens is 568 g/mol. The molecule has 1 saturated carbocycles. The van der Waals surface area contributed by atoms with E-state index >= 15 is 0 Å². The van der Waals surface area contributed by atoms with Gasteiger partial charge in [0, 0.05) is 19.2 Å². The third-order valence-corrected chi connectivity index (χ3v) is 7.41. The first-order chi connectivity index (χ1) is 18.4. The van der Waals surface area contributed by atoms with Gasteiger partial charge >= 0.3 is 5.69 Å². The standard InChI is InChI=1S/C22H22ClF2N5O8S/c1-10-3-12(30-22(33)27-21(32)18(28-30)20(24)25)6-14(23)19(10)38-17-7-16(15(8-26-17)37-9-36-2)39(34,35)29-11-4-13(31)5-11/h3,6-8,11,13,20,29,31H,4-5,9H2,1-2H3,(H,27,32,33)/t11-,13-. The van der Waals surface area contributed by atoms with Crippen molar-refractivity contribution in [1.29, 1.82) is 0 Å². The van der Waals surface area contributed by atoms with E-state index in [0.717, 1.165) is 12.3 Å². The van der Waals surface area contributed by atoms with E-state index in [9.17, 15) is 31.9 Å². The van der Waals surface area contributed by atoms with Crippen LogP contribution in [0.1, 0.15) is 30.5 Å². The molecule has 1 aliphatic carbocycles. The molecule has 1 fully saturated rings. The number of ether oxygens (including phenoxy) is 3. The molecule has 17 heteroatoms. The zero-order chi connectivity index (χ0) is 28.5. The second-order valence-corrected chi connectivity index (χ2v) is 10.6. The quantitative estimate of drug-likeness (QED) is 0.296. The average molecular weight is 590 g/mol. The Hall–Kier alpha value is -3.44. The zero-order valence-corrected chi connectivity index (χ0v) is 21.9. The summed E-state index contributed by atoms with van der Waals surface area (Å²) in [5, 5.41) is 12.8. The van der Waals surface area contributed by atoms with Crippen LogP contribution in [0, 0.1) is 6.92 Å². The zero-order valence-electron chi connectivity index (χ0n) is 20.4. The number of aryl methyl sites for hydroxylation is 1. The minimum absolute atomic E-state index is 0.0171. The average Bonchev–Trinajstić information content (AvgIpc) is 2.84. The summed E-state index contributed by atoms with van der Waals surface area (Å²) in [4.78, 5) is 29.3. The fourth-order valence-electron chi connectivity index (χ4n) is 3.67. The number of nitrogens with zero attached hydrogens (tertiary/aromatic N) is 3. The first-order valence-corrected chi connectivity index (χ1v) is 13.1. The summed E-state index contributed by atoms with van der Waals surface area (Å²) in [6, 6.07) is 3.16. The summed E-state index contributed by atoms with van der Waals surface area (Å²) in [5.74, 6) is -0.289. The maximum atomic E-state index is 13.1. The number of hydrogen-bond donors (Lipinski definition) is 3. The fraction of sp³-hybridized carbons (Fsp3) is 0.364. The Morgan fingerprint density at radius 2 is 2.00 bits per heavy atom. The first-order valence-electron chi connectivity index (χ1n) is 11.2. The van der Waals surface area contributed by atoms with Crippen molar-refractivity contribution in [2.75, 3.05) is 13.9 Å². The van der Waals surface area contributed by atoms with E-state index < -0.39 is 45.5 Å². The van der Waals surface area contributed by atoms with Gasteiger partial charge in [-0.05, 0) is 37.5 Å². The normalized spacial score (nSPS) is 17.2. The summed E-state index contributed by atoms with van der Waals surface area (Å²) < 4.78 is 71.3. The Morgan fingerprint density at radius 1 is 1.28 bits per heavy atom. The van der Waals surface area contributed by atoms with Crippen molar-refractivity contribution in [3.8, 4) is 23.1 Å². The highest BCUT2D eigenvalue weighted by Gasteiger charge is 2.33. The maximum absolute atomic E-state index is 13.1. The second-order valence-electron chi connectivity index (χ2n) is 8.50. The monoisotopic (exact) mass is 589 g/mol. The van der Waals surface area contributed by atoms with Gasteiger partial charge in [0.25, 0.3) is 12.0 Å². The number of rotatable bonds is 10. The molecule has 0 aliphatic heterocycles. The van der Waals surface area contributed by atoms with Crippen LogP contribution in [-0.2, 0) is 14.8 Å². The number of aliphatic hydroxyl groups is 1. The molecule has 3 aromatic rings. The van der Waals surface area contributed by atoms with E-state index in [4.69, 9.17) is 25.8 Å². The lowest BCUT2D eigenvalue weighted by atomic mass is 9.91. The molecular formula is C22H22ClF2N5O8S. The number of halogens is 3. The smallest absolute Gasteiger partial charge is 0.349 e. The Kier molecular flexibility index (Phi) is 8.31. The molecule has 210 valence electrons. The molecule has 13 nitrogen and oxygen atoms in total. The summed E-state index contributed by atoms with van der Waals surface area (Å²) in [6.45, 7) is 1.26. The van der Waals surface area contributed by atoms with Gasteiger partial charge in [0.05, 0.1) is 23.0 Å². The summed E-state index contributed by atoms with van der Waals surface area (Å²) >= 11 is 6.35. The maximum Gasteiger partial charge on any atom is 0.349 e. The van der Waals surface area contributed by atoms with Gasteiger partial charge in [0.2, 0.25) is 15.9 Å². The molecule has 3 N–H and O–H groups in total. The molecule has 0 bridgehead atoms. The predicted octanol–water partition coefficient (Wildman–Crippen LogP) is 1.79. The lowest BCUT2D eigenvalue weighted by Crippen LogP contribution is -2.46. The summed E-state index contributed by atoms with van der Waals surface area (Å²) in [6.07, 6.45) is -2.18. The van der Waals surface area contributed by atoms with Gasteiger partial charge in [-0.3, -0.25) is 9.78 Å². The van der Waals surface area contributed by atoms with Gasteiger partial charge in [-0.25, -0.2) is 31.7 Å². The number of methoxy groups -OCH3 is 1. The lowest BCUT2D eigenvalue weighted by Gasteiger charge is -2.31. The van der Waals surface area contributed by atoms with Crippen LogP contribution >= 0.6 is 11.6 Å². The molecule has 0 spiro atoms. The van der Waals surface area contributed by atoms with E-state index in [1.807, 2.05) is 0 Å². The molecule has 39 heavy (non-hydrogen) atoms. The Bertz CT molecular complexity index is 1590. The lowest BCUT2D eigenvalue weighted by molar-refractivity contribution is 0.0485. The minimum atomic E-state index is -4.13. The number of pyridine rings is 1. The summed E-state index contributed by atoms with van der Waals surface area (Å²) in [7, 11) is -2.78. The molecule has 4 rings (SSSR count). The molecule has 2 heterocycles. The van der Waals surface area contributed by atoms with Crippen LogP contribution in [0.3, 0.4) is 0 Å². The number of aromatic amines is 1. The number of alkyl halides is 2. The second kappa shape index (κ2) is 11.4. The predicted molar refractivity (Wildman–Crippen MR) is 131 cm³/mol. The highest BCUT2D eigenvalue weighted by Crippen LogP contribution is 2.36. The number of sulfonamides is 1. The third kappa shape index (κ3) is 6.25. The molecule has 1 aliphatic rings. The van der Waals surface area contributed by atoms with Crippen molar-refractivity contribution in [3.63, 3.8) is 0 Å². The molecule has 0 amide bonds. The van der Waals surface area contributed by atoms with Crippen molar-refractivity contribution >= 4 is 21.6 Å². The van der Waals surface area contributed by atoms with E-state index in [2.05, 4.69) is 14.8 Å². The van der Waals surface area contributed by atoms with E-state index in [1.165, 1.54) is 26.2 Å². The van der Waals surface area contributed by atoms with E-state index in [-0.39, 0.29) is 52.6 Å². The number of benzene rings is 1.